The number of nitrogens with one attached hydrogen (secondary N) is 2. The van der Waals surface area contributed by atoms with Crippen LogP contribution in [0.4, 0.5) is 33.3 Å². The van der Waals surface area contributed by atoms with Gasteiger partial charge < -0.3 is 10.6 Å². The number of thioether (sulfide) groups is 1. The summed E-state index contributed by atoms with van der Waals surface area (Å²) in [5.74, 6) is -3.38. The van der Waals surface area contributed by atoms with Crippen molar-refractivity contribution < 1.29 is 31.5 Å². The highest BCUT2D eigenvalue weighted by atomic mass is 32.2. The average molecular weight is 404 g/mol. The lowest BCUT2D eigenvalue weighted by Gasteiger charge is -2.15. The highest BCUT2D eigenvalue weighted by molar-refractivity contribution is 8.00. The van der Waals surface area contributed by atoms with Crippen molar-refractivity contribution in [2.75, 3.05) is 16.4 Å². The van der Waals surface area contributed by atoms with Crippen LogP contribution >= 0.6 is 11.8 Å². The van der Waals surface area contributed by atoms with Gasteiger partial charge in [-0.15, -0.1) is 11.8 Å². The van der Waals surface area contributed by atoms with Gasteiger partial charge in [-0.3, -0.25) is 9.59 Å². The van der Waals surface area contributed by atoms with E-state index in [-0.39, 0.29) is 16.3 Å². The topological polar surface area (TPSA) is 58.2 Å². The van der Waals surface area contributed by atoms with Gasteiger partial charge in [0.05, 0.1) is 17.0 Å². The van der Waals surface area contributed by atoms with Crippen molar-refractivity contribution in [2.24, 2.45) is 0 Å². The predicted molar refractivity (Wildman–Crippen MR) is 91.5 cm³/mol. The lowest BCUT2D eigenvalue weighted by Crippen LogP contribution is -2.19. The molecule has 0 unspecified atom stereocenters. The summed E-state index contributed by atoms with van der Waals surface area (Å²) >= 11 is 0.716. The van der Waals surface area contributed by atoms with Gasteiger partial charge in [0.25, 0.3) is 0 Å². The molecule has 4 nitrogen and oxygen atoms in total. The standard InChI is InChI=1S/C17H13F5N2O2S/c1-9(25)23-11-3-4-14(12(7-11)17(20,21)22)24-16(26)8-27-15-5-2-10(18)6-13(15)19/h2-7H,8H2,1H3,(H,23,25)(H,24,26). The van der Waals surface area contributed by atoms with Gasteiger partial charge in [-0.2, -0.15) is 13.2 Å². The van der Waals surface area contributed by atoms with Crippen LogP contribution in [0.25, 0.3) is 0 Å². The Kier molecular flexibility index (Phi) is 6.42. The van der Waals surface area contributed by atoms with Crippen molar-refractivity contribution in [1.82, 2.24) is 0 Å². The fourth-order valence-corrected chi connectivity index (χ4v) is 2.81. The number of hydrogen-bond donors (Lipinski definition) is 2. The third-order valence-electron chi connectivity index (χ3n) is 3.17. The Labute approximate surface area is 155 Å². The van der Waals surface area contributed by atoms with Crippen LogP contribution in [0.5, 0.6) is 0 Å². The molecule has 0 atom stereocenters. The van der Waals surface area contributed by atoms with Crippen LogP contribution in [0.2, 0.25) is 0 Å². The number of carbonyl (C=O) groups is 2. The molecule has 0 saturated carbocycles. The second kappa shape index (κ2) is 8.38. The molecular formula is C17H13F5N2O2S. The molecule has 0 saturated heterocycles. The monoisotopic (exact) mass is 404 g/mol. The summed E-state index contributed by atoms with van der Waals surface area (Å²) in [6, 6.07) is 5.69. The highest BCUT2D eigenvalue weighted by Gasteiger charge is 2.34. The molecule has 0 bridgehead atoms. The lowest BCUT2D eigenvalue weighted by atomic mass is 10.1. The van der Waals surface area contributed by atoms with Crippen LogP contribution in [-0.2, 0) is 15.8 Å². The maximum absolute atomic E-state index is 13.5. The zero-order valence-electron chi connectivity index (χ0n) is 13.8. The zero-order valence-corrected chi connectivity index (χ0v) is 14.6. The third kappa shape index (κ3) is 5.95. The van der Waals surface area contributed by atoms with E-state index in [1.54, 1.807) is 0 Å². The molecule has 0 aromatic heterocycles. The van der Waals surface area contributed by atoms with Crippen LogP contribution in [0.1, 0.15) is 12.5 Å². The van der Waals surface area contributed by atoms with Gasteiger partial charge in [-0.25, -0.2) is 8.78 Å². The van der Waals surface area contributed by atoms with E-state index in [2.05, 4.69) is 10.6 Å². The molecule has 2 N–H and O–H groups in total. The summed E-state index contributed by atoms with van der Waals surface area (Å²) in [7, 11) is 0. The SMILES string of the molecule is CC(=O)Nc1ccc(NC(=O)CSc2ccc(F)cc2F)c(C(F)(F)F)c1. The van der Waals surface area contributed by atoms with E-state index in [1.807, 2.05) is 0 Å². The molecule has 0 radical (unpaired) electrons. The maximum atomic E-state index is 13.5. The minimum Gasteiger partial charge on any atom is -0.326 e. The van der Waals surface area contributed by atoms with Gasteiger partial charge in [0, 0.05) is 23.6 Å². The number of amides is 2. The highest BCUT2D eigenvalue weighted by Crippen LogP contribution is 2.36. The van der Waals surface area contributed by atoms with Crippen molar-refractivity contribution >= 4 is 35.0 Å². The normalized spacial score (nSPS) is 11.2. The molecule has 144 valence electrons. The summed E-state index contributed by atoms with van der Waals surface area (Å²) in [5, 5.41) is 4.34. The summed E-state index contributed by atoms with van der Waals surface area (Å²) in [5.41, 5.74) is -1.71. The average Bonchev–Trinajstić information content (AvgIpc) is 2.54. The van der Waals surface area contributed by atoms with Crippen molar-refractivity contribution in [1.29, 1.82) is 0 Å². The van der Waals surface area contributed by atoms with Crippen LogP contribution < -0.4 is 10.6 Å². The Hall–Kier alpha value is -2.62. The molecule has 10 heteroatoms. The van der Waals surface area contributed by atoms with E-state index >= 15 is 0 Å². The fraction of sp³-hybridized carbons (Fsp3) is 0.176. The van der Waals surface area contributed by atoms with Gasteiger partial charge in [0.2, 0.25) is 11.8 Å². The number of benzene rings is 2. The quantitative estimate of drug-likeness (QED) is 0.562. The zero-order chi connectivity index (χ0) is 20.2. The van der Waals surface area contributed by atoms with Gasteiger partial charge in [-0.05, 0) is 30.3 Å². The largest absolute Gasteiger partial charge is 0.418 e. The van der Waals surface area contributed by atoms with Crippen molar-refractivity contribution in [2.45, 2.75) is 18.0 Å². The molecule has 0 spiro atoms. The summed E-state index contributed by atoms with van der Waals surface area (Å²) in [6.45, 7) is 1.15. The molecule has 2 amide bonds. The van der Waals surface area contributed by atoms with Crippen LogP contribution in [-0.4, -0.2) is 17.6 Å². The van der Waals surface area contributed by atoms with Crippen LogP contribution in [0.15, 0.2) is 41.3 Å². The third-order valence-corrected chi connectivity index (χ3v) is 4.22. The fourth-order valence-electron chi connectivity index (χ4n) is 2.09. The number of anilines is 2. The predicted octanol–water partition coefficient (Wildman–Crippen LogP) is 4.67. The second-order valence-electron chi connectivity index (χ2n) is 5.35. The molecule has 0 heterocycles. The first-order valence-corrected chi connectivity index (χ1v) is 8.41. The van der Waals surface area contributed by atoms with Crippen molar-refractivity contribution in [3.63, 3.8) is 0 Å². The Morgan fingerprint density at radius 2 is 1.74 bits per heavy atom. The van der Waals surface area contributed by atoms with Crippen molar-refractivity contribution in [3.05, 3.63) is 53.6 Å². The van der Waals surface area contributed by atoms with E-state index in [1.165, 1.54) is 6.07 Å². The summed E-state index contributed by atoms with van der Waals surface area (Å²) in [4.78, 5) is 22.9. The van der Waals surface area contributed by atoms with E-state index in [0.717, 1.165) is 25.1 Å². The number of rotatable bonds is 5. The van der Waals surface area contributed by atoms with Crippen LogP contribution in [0, 0.1) is 11.6 Å². The molecule has 2 rings (SSSR count). The van der Waals surface area contributed by atoms with E-state index < -0.39 is 40.9 Å². The molecule has 2 aromatic rings. The Balaban J connectivity index is 2.13. The molecule has 0 aliphatic rings. The number of halogens is 5. The minimum absolute atomic E-state index is 0.0106. The summed E-state index contributed by atoms with van der Waals surface area (Å²) in [6.07, 6.45) is -4.77. The Morgan fingerprint density at radius 3 is 2.33 bits per heavy atom. The molecular weight excluding hydrogens is 391 g/mol. The maximum Gasteiger partial charge on any atom is 0.418 e. The lowest BCUT2D eigenvalue weighted by molar-refractivity contribution is -0.137. The Morgan fingerprint density at radius 1 is 1.04 bits per heavy atom. The van der Waals surface area contributed by atoms with Crippen LogP contribution in [0.3, 0.4) is 0 Å². The smallest absolute Gasteiger partial charge is 0.326 e. The van der Waals surface area contributed by atoms with E-state index in [4.69, 9.17) is 0 Å². The number of carbonyl (C=O) groups excluding carboxylic acids is 2. The van der Waals surface area contributed by atoms with Gasteiger partial charge >= 0.3 is 6.18 Å². The second-order valence-corrected chi connectivity index (χ2v) is 6.37. The number of hydrogen-bond acceptors (Lipinski definition) is 3. The van der Waals surface area contributed by atoms with Gasteiger partial charge in [0.15, 0.2) is 0 Å². The molecule has 27 heavy (non-hydrogen) atoms. The molecule has 0 aliphatic heterocycles. The molecule has 0 fully saturated rings. The molecule has 2 aromatic carbocycles. The Bertz CT molecular complexity index is 871. The first-order chi connectivity index (χ1) is 12.6. The summed E-state index contributed by atoms with van der Waals surface area (Å²) < 4.78 is 66.0. The van der Waals surface area contributed by atoms with Crippen molar-refractivity contribution in [3.8, 4) is 0 Å². The van der Waals surface area contributed by atoms with Gasteiger partial charge in [-0.1, -0.05) is 0 Å². The van der Waals surface area contributed by atoms with Gasteiger partial charge in [0.1, 0.15) is 11.6 Å². The first-order valence-electron chi connectivity index (χ1n) is 7.43. The molecule has 0 aliphatic carbocycles. The number of alkyl halides is 3. The minimum atomic E-state index is -4.77. The first kappa shape index (κ1) is 20.7. The van der Waals surface area contributed by atoms with E-state index in [0.29, 0.717) is 23.9 Å². The van der Waals surface area contributed by atoms with E-state index in [9.17, 15) is 31.5 Å².